The van der Waals surface area contributed by atoms with Gasteiger partial charge < -0.3 is 20.5 Å². The summed E-state index contributed by atoms with van der Waals surface area (Å²) >= 11 is 0. The number of benzene rings is 2. The summed E-state index contributed by atoms with van der Waals surface area (Å²) in [4.78, 5) is 4.70. The van der Waals surface area contributed by atoms with Gasteiger partial charge in [0, 0.05) is 24.3 Å². The van der Waals surface area contributed by atoms with Gasteiger partial charge in [0.1, 0.15) is 5.75 Å². The van der Waals surface area contributed by atoms with Gasteiger partial charge in [0.15, 0.2) is 5.96 Å². The Kier molecular flexibility index (Phi) is 6.57. The van der Waals surface area contributed by atoms with Crippen LogP contribution < -0.4 is 15.8 Å². The van der Waals surface area contributed by atoms with Gasteiger partial charge in [-0.05, 0) is 74.6 Å². The minimum absolute atomic E-state index is 0.0571. The summed E-state index contributed by atoms with van der Waals surface area (Å²) in [5.41, 5.74) is 10.9. The van der Waals surface area contributed by atoms with Gasteiger partial charge in [-0.15, -0.1) is 0 Å². The van der Waals surface area contributed by atoms with E-state index in [0.29, 0.717) is 19.1 Å². The number of anilines is 1. The smallest absolute Gasteiger partial charge is 0.193 e. The first-order chi connectivity index (χ1) is 13.5. The van der Waals surface area contributed by atoms with Crippen LogP contribution in [0.2, 0.25) is 0 Å². The van der Waals surface area contributed by atoms with E-state index in [9.17, 15) is 0 Å². The maximum Gasteiger partial charge on any atom is 0.193 e. The summed E-state index contributed by atoms with van der Waals surface area (Å²) in [6.07, 6.45) is 1.86. The predicted octanol–water partition coefficient (Wildman–Crippen LogP) is 4.18. The lowest BCUT2D eigenvalue weighted by Crippen LogP contribution is -2.38. The van der Waals surface area contributed by atoms with Gasteiger partial charge in [-0.2, -0.15) is 0 Å². The molecule has 0 unspecified atom stereocenters. The lowest BCUT2D eigenvalue weighted by Gasteiger charge is -2.36. The molecule has 1 heterocycles. The van der Waals surface area contributed by atoms with Crippen LogP contribution in [0.3, 0.4) is 0 Å². The number of guanidine groups is 1. The first kappa shape index (κ1) is 20.2. The Balaban J connectivity index is 1.76. The largest absolute Gasteiger partial charge is 0.494 e. The highest BCUT2D eigenvalue weighted by Gasteiger charge is 2.34. The number of aliphatic imine (C=N–C) groups is 1. The fourth-order valence-corrected chi connectivity index (χ4v) is 3.61. The second-order valence-corrected chi connectivity index (χ2v) is 7.48. The number of rotatable bonds is 6. The van der Waals surface area contributed by atoms with Crippen molar-refractivity contribution in [1.82, 2.24) is 0 Å². The molecule has 0 spiro atoms. The molecule has 1 saturated heterocycles. The van der Waals surface area contributed by atoms with Gasteiger partial charge in [0.05, 0.1) is 13.2 Å². The van der Waals surface area contributed by atoms with E-state index in [4.69, 9.17) is 20.2 Å². The molecule has 5 nitrogen and oxygen atoms in total. The van der Waals surface area contributed by atoms with Crippen LogP contribution in [0.5, 0.6) is 5.75 Å². The molecule has 0 aromatic heterocycles. The highest BCUT2D eigenvalue weighted by Crippen LogP contribution is 2.36. The highest BCUT2D eigenvalue weighted by molar-refractivity contribution is 5.92. The number of hydrogen-bond donors (Lipinski definition) is 2. The van der Waals surface area contributed by atoms with Crippen molar-refractivity contribution in [2.45, 2.75) is 39.0 Å². The third-order valence-corrected chi connectivity index (χ3v) is 5.56. The first-order valence-electron chi connectivity index (χ1n) is 9.98. The molecule has 1 fully saturated rings. The monoisotopic (exact) mass is 381 g/mol. The van der Waals surface area contributed by atoms with E-state index in [2.05, 4.69) is 43.4 Å². The molecule has 0 atom stereocenters. The standard InChI is InChI=1S/C23H31N3O2/c1-4-28-21-9-6-19(7-10-21)23(11-13-27-14-12-23)16-25-22(24)26-20-8-5-17(2)18(3)15-20/h5-10,15H,4,11-14,16H2,1-3H3,(H3,24,25,26). The second kappa shape index (κ2) is 9.11. The Labute approximate surface area is 168 Å². The molecule has 3 N–H and O–H groups in total. The lowest BCUT2D eigenvalue weighted by atomic mass is 9.74. The van der Waals surface area contributed by atoms with E-state index >= 15 is 0 Å². The van der Waals surface area contributed by atoms with Crippen molar-refractivity contribution in [3.8, 4) is 5.75 Å². The third-order valence-electron chi connectivity index (χ3n) is 5.56. The Hall–Kier alpha value is -2.53. The second-order valence-electron chi connectivity index (χ2n) is 7.48. The summed E-state index contributed by atoms with van der Waals surface area (Å²) in [6.45, 7) is 8.98. The summed E-state index contributed by atoms with van der Waals surface area (Å²) in [7, 11) is 0. The predicted molar refractivity (Wildman–Crippen MR) is 115 cm³/mol. The maximum atomic E-state index is 6.20. The molecule has 150 valence electrons. The molecule has 1 aliphatic rings. The molecule has 28 heavy (non-hydrogen) atoms. The van der Waals surface area contributed by atoms with E-state index in [1.54, 1.807) is 0 Å². The normalized spacial score (nSPS) is 16.6. The lowest BCUT2D eigenvalue weighted by molar-refractivity contribution is 0.0531. The van der Waals surface area contributed by atoms with Gasteiger partial charge in [-0.3, -0.25) is 4.99 Å². The van der Waals surface area contributed by atoms with E-state index in [-0.39, 0.29) is 5.41 Å². The summed E-state index contributed by atoms with van der Waals surface area (Å²) in [5, 5.41) is 3.22. The van der Waals surface area contributed by atoms with Crippen LogP contribution in [0.15, 0.2) is 47.5 Å². The molecule has 0 radical (unpaired) electrons. The minimum Gasteiger partial charge on any atom is -0.494 e. The summed E-state index contributed by atoms with van der Waals surface area (Å²) in [5.74, 6) is 1.34. The third kappa shape index (κ3) is 4.84. The Bertz CT molecular complexity index is 809. The highest BCUT2D eigenvalue weighted by atomic mass is 16.5. The van der Waals surface area contributed by atoms with Crippen LogP contribution in [0.1, 0.15) is 36.5 Å². The zero-order valence-electron chi connectivity index (χ0n) is 17.1. The van der Waals surface area contributed by atoms with Crippen LogP contribution in [0.4, 0.5) is 5.69 Å². The molecular weight excluding hydrogens is 350 g/mol. The van der Waals surface area contributed by atoms with Crippen LogP contribution in [-0.4, -0.2) is 32.3 Å². The maximum absolute atomic E-state index is 6.20. The fraction of sp³-hybridized carbons (Fsp3) is 0.435. The number of nitrogens with zero attached hydrogens (tertiary/aromatic N) is 1. The molecule has 2 aromatic rings. The van der Waals surface area contributed by atoms with Gasteiger partial charge >= 0.3 is 0 Å². The number of ether oxygens (including phenoxy) is 2. The average Bonchev–Trinajstić information content (AvgIpc) is 2.71. The fourth-order valence-electron chi connectivity index (χ4n) is 3.61. The molecule has 0 aliphatic carbocycles. The summed E-state index contributed by atoms with van der Waals surface area (Å²) in [6, 6.07) is 14.6. The van der Waals surface area contributed by atoms with E-state index in [0.717, 1.165) is 37.5 Å². The van der Waals surface area contributed by atoms with Crippen molar-refractivity contribution in [3.63, 3.8) is 0 Å². The zero-order valence-corrected chi connectivity index (χ0v) is 17.1. The van der Waals surface area contributed by atoms with Gasteiger partial charge in [0.25, 0.3) is 0 Å². The van der Waals surface area contributed by atoms with Crippen molar-refractivity contribution < 1.29 is 9.47 Å². The molecule has 0 saturated carbocycles. The SMILES string of the molecule is CCOc1ccc(C2(CN=C(N)Nc3ccc(C)c(C)c3)CCOCC2)cc1. The van der Waals surface area contributed by atoms with Crippen molar-refractivity contribution in [2.24, 2.45) is 10.7 Å². The van der Waals surface area contributed by atoms with Gasteiger partial charge in [-0.25, -0.2) is 0 Å². The molecule has 0 bridgehead atoms. The van der Waals surface area contributed by atoms with Gasteiger partial charge in [0.2, 0.25) is 0 Å². The number of hydrogen-bond acceptors (Lipinski definition) is 3. The molecule has 3 rings (SSSR count). The molecular formula is C23H31N3O2. The molecule has 0 amide bonds. The number of nitrogens with one attached hydrogen (secondary N) is 1. The first-order valence-corrected chi connectivity index (χ1v) is 9.98. The quantitative estimate of drug-likeness (QED) is 0.582. The zero-order chi connectivity index (χ0) is 20.0. The topological polar surface area (TPSA) is 68.9 Å². The Morgan fingerprint density at radius 2 is 1.82 bits per heavy atom. The average molecular weight is 382 g/mol. The van der Waals surface area contributed by atoms with Crippen LogP contribution in [0, 0.1) is 13.8 Å². The molecule has 2 aromatic carbocycles. The number of nitrogens with two attached hydrogens (primary N) is 1. The van der Waals surface area contributed by atoms with Crippen molar-refractivity contribution >= 4 is 11.6 Å². The Morgan fingerprint density at radius 1 is 1.11 bits per heavy atom. The molecule has 5 heteroatoms. The molecule has 1 aliphatic heterocycles. The van der Waals surface area contributed by atoms with Gasteiger partial charge in [-0.1, -0.05) is 18.2 Å². The van der Waals surface area contributed by atoms with E-state index < -0.39 is 0 Å². The Morgan fingerprint density at radius 3 is 2.46 bits per heavy atom. The number of aryl methyl sites for hydroxylation is 2. The van der Waals surface area contributed by atoms with Crippen molar-refractivity contribution in [3.05, 3.63) is 59.2 Å². The van der Waals surface area contributed by atoms with E-state index in [1.807, 2.05) is 25.1 Å². The van der Waals surface area contributed by atoms with Crippen LogP contribution >= 0.6 is 0 Å². The van der Waals surface area contributed by atoms with Crippen LogP contribution in [-0.2, 0) is 10.2 Å². The summed E-state index contributed by atoms with van der Waals surface area (Å²) < 4.78 is 11.2. The van der Waals surface area contributed by atoms with E-state index in [1.165, 1.54) is 16.7 Å². The minimum atomic E-state index is -0.0571. The van der Waals surface area contributed by atoms with Crippen molar-refractivity contribution in [1.29, 1.82) is 0 Å². The van der Waals surface area contributed by atoms with Crippen LogP contribution in [0.25, 0.3) is 0 Å². The van der Waals surface area contributed by atoms with Crippen molar-refractivity contribution in [2.75, 3.05) is 31.7 Å².